The van der Waals surface area contributed by atoms with Gasteiger partial charge in [-0.25, -0.2) is 27.9 Å². The molecule has 0 radical (unpaired) electrons. The second-order valence-corrected chi connectivity index (χ2v) is 11.8. The summed E-state index contributed by atoms with van der Waals surface area (Å²) in [6.45, 7) is 8.24. The highest BCUT2D eigenvalue weighted by Crippen LogP contribution is 2.47. The van der Waals surface area contributed by atoms with E-state index in [0.29, 0.717) is 24.8 Å². The second-order valence-electron chi connectivity index (χ2n) is 10.1. The number of nitrogens with zero attached hydrogens (tertiary/aromatic N) is 3. The number of hydrogen-bond donors (Lipinski definition) is 3. The fraction of sp³-hybridized carbons (Fsp3) is 0.310. The summed E-state index contributed by atoms with van der Waals surface area (Å²) >= 11 is 0. The number of urea groups is 1. The molecule has 0 spiro atoms. The van der Waals surface area contributed by atoms with E-state index < -0.39 is 16.1 Å². The van der Waals surface area contributed by atoms with Crippen molar-refractivity contribution in [3.63, 3.8) is 0 Å². The van der Waals surface area contributed by atoms with Crippen LogP contribution in [0.1, 0.15) is 47.5 Å². The molecular formula is C29H33N5O5S. The van der Waals surface area contributed by atoms with Crippen LogP contribution in [0, 0.1) is 26.7 Å². The fourth-order valence-electron chi connectivity index (χ4n) is 4.63. The van der Waals surface area contributed by atoms with Crippen molar-refractivity contribution in [1.82, 2.24) is 24.6 Å². The van der Waals surface area contributed by atoms with Gasteiger partial charge >= 0.3 is 6.03 Å². The molecule has 0 bridgehead atoms. The quantitative estimate of drug-likeness (QED) is 0.283. The number of aromatic nitrogens is 3. The second kappa shape index (κ2) is 11.9. The normalized spacial score (nSPS) is 16.1. The number of benzene rings is 2. The van der Waals surface area contributed by atoms with Gasteiger partial charge in [0.1, 0.15) is 11.3 Å². The number of amides is 2. The van der Waals surface area contributed by atoms with E-state index in [1.54, 1.807) is 12.1 Å². The summed E-state index contributed by atoms with van der Waals surface area (Å²) in [5.74, 6) is 2.11. The molecule has 5 rings (SSSR count). The number of aryl methyl sites for hydroxylation is 3. The van der Waals surface area contributed by atoms with Crippen LogP contribution >= 0.6 is 0 Å². The Bertz CT molecular complexity index is 1630. The molecule has 1 fully saturated rings. The zero-order chi connectivity index (χ0) is 29.0. The van der Waals surface area contributed by atoms with Crippen molar-refractivity contribution in [2.75, 3.05) is 6.54 Å². The van der Waals surface area contributed by atoms with Gasteiger partial charge < -0.3 is 10.4 Å². The van der Waals surface area contributed by atoms with Crippen molar-refractivity contribution < 1.29 is 23.1 Å². The minimum atomic E-state index is -3.91. The molecule has 4 aromatic rings. The van der Waals surface area contributed by atoms with Gasteiger partial charge in [-0.15, -0.1) is 0 Å². The van der Waals surface area contributed by atoms with Crippen molar-refractivity contribution in [1.29, 1.82) is 0 Å². The number of carboxylic acid groups (broad SMARTS) is 1. The first kappa shape index (κ1) is 28.8. The zero-order valence-corrected chi connectivity index (χ0v) is 23.7. The highest BCUT2D eigenvalue weighted by atomic mass is 32.2. The monoisotopic (exact) mass is 563 g/mol. The Kier molecular flexibility index (Phi) is 8.53. The van der Waals surface area contributed by atoms with E-state index in [4.69, 9.17) is 19.9 Å². The van der Waals surface area contributed by atoms with Crippen molar-refractivity contribution in [3.05, 3.63) is 82.8 Å². The van der Waals surface area contributed by atoms with E-state index in [2.05, 4.69) is 34.5 Å². The lowest BCUT2D eigenvalue weighted by Crippen LogP contribution is -2.40. The third-order valence-electron chi connectivity index (χ3n) is 6.85. The number of fused-ring (bicyclic) bond motifs is 1. The molecular weight excluding hydrogens is 530 g/mol. The average molecular weight is 564 g/mol. The van der Waals surface area contributed by atoms with Gasteiger partial charge in [0.05, 0.1) is 4.90 Å². The maximum atomic E-state index is 12.4. The highest BCUT2D eigenvalue weighted by Gasteiger charge is 2.39. The van der Waals surface area contributed by atoms with Crippen LogP contribution in [-0.4, -0.2) is 47.1 Å². The van der Waals surface area contributed by atoms with Crippen molar-refractivity contribution in [2.24, 2.45) is 5.92 Å². The number of rotatable bonds is 7. The molecule has 2 aromatic carbocycles. The molecule has 0 saturated heterocycles. The van der Waals surface area contributed by atoms with Crippen LogP contribution in [0.2, 0.25) is 0 Å². The maximum absolute atomic E-state index is 12.4. The first-order valence-corrected chi connectivity index (χ1v) is 14.4. The van der Waals surface area contributed by atoms with Gasteiger partial charge in [0, 0.05) is 23.8 Å². The van der Waals surface area contributed by atoms with Crippen molar-refractivity contribution in [2.45, 2.75) is 51.3 Å². The fourth-order valence-corrected chi connectivity index (χ4v) is 5.56. The molecule has 11 heteroatoms. The molecule has 2 unspecified atom stereocenters. The predicted octanol–water partition coefficient (Wildman–Crippen LogP) is 4.40. The summed E-state index contributed by atoms with van der Waals surface area (Å²) in [6, 6.07) is 15.8. The van der Waals surface area contributed by atoms with Crippen LogP contribution in [0.5, 0.6) is 0 Å². The largest absolute Gasteiger partial charge is 0.483 e. The number of nitrogens with one attached hydrogen (secondary N) is 2. The smallest absolute Gasteiger partial charge is 0.328 e. The van der Waals surface area contributed by atoms with E-state index in [-0.39, 0.29) is 11.4 Å². The van der Waals surface area contributed by atoms with Crippen molar-refractivity contribution in [3.8, 4) is 5.69 Å². The molecule has 40 heavy (non-hydrogen) atoms. The van der Waals surface area contributed by atoms with Gasteiger partial charge in [0.2, 0.25) is 0 Å². The molecule has 10 nitrogen and oxygen atoms in total. The lowest BCUT2D eigenvalue weighted by Gasteiger charge is -2.11. The number of sulfonamides is 1. The van der Waals surface area contributed by atoms with Gasteiger partial charge in [-0.3, -0.25) is 9.36 Å². The third-order valence-corrected chi connectivity index (χ3v) is 8.20. The topological polar surface area (TPSA) is 143 Å². The summed E-state index contributed by atoms with van der Waals surface area (Å²) in [5, 5.41) is 9.52. The Balaban J connectivity index is 0.00000118. The minimum absolute atomic E-state index is 0.0516. The Morgan fingerprint density at radius 2 is 1.70 bits per heavy atom. The molecule has 1 aliphatic rings. The van der Waals surface area contributed by atoms with E-state index >= 15 is 0 Å². The van der Waals surface area contributed by atoms with Gasteiger partial charge in [-0.1, -0.05) is 36.8 Å². The molecule has 2 aromatic heterocycles. The molecule has 1 aliphatic carbocycles. The van der Waals surface area contributed by atoms with Crippen LogP contribution in [0.3, 0.4) is 0 Å². The Labute approximate surface area is 233 Å². The molecule has 210 valence electrons. The van der Waals surface area contributed by atoms with Gasteiger partial charge in [-0.2, -0.15) is 0 Å². The molecule has 2 amide bonds. The summed E-state index contributed by atoms with van der Waals surface area (Å²) in [6.07, 6.45) is 1.69. The maximum Gasteiger partial charge on any atom is 0.328 e. The van der Waals surface area contributed by atoms with E-state index in [1.807, 2.05) is 38.1 Å². The molecule has 0 aliphatic heterocycles. The Morgan fingerprint density at radius 1 is 1.07 bits per heavy atom. The Morgan fingerprint density at radius 3 is 2.30 bits per heavy atom. The average Bonchev–Trinajstić information content (AvgIpc) is 3.50. The van der Waals surface area contributed by atoms with Crippen LogP contribution in [0.25, 0.3) is 16.9 Å². The number of imidazole rings is 1. The summed E-state index contributed by atoms with van der Waals surface area (Å²) in [5.41, 5.74) is 6.89. The first-order chi connectivity index (χ1) is 19.0. The summed E-state index contributed by atoms with van der Waals surface area (Å²) in [7, 11) is -3.91. The number of carbonyl (C=O) groups excluding carboxylic acids is 1. The lowest BCUT2D eigenvalue weighted by molar-refractivity contribution is -0.122. The molecule has 3 N–H and O–H groups in total. The van der Waals surface area contributed by atoms with Crippen LogP contribution < -0.4 is 10.0 Å². The summed E-state index contributed by atoms with van der Waals surface area (Å²) in [4.78, 5) is 30.4. The predicted molar refractivity (Wildman–Crippen MR) is 152 cm³/mol. The van der Waals surface area contributed by atoms with Crippen LogP contribution in [0.15, 0.2) is 59.5 Å². The van der Waals surface area contributed by atoms with Crippen molar-refractivity contribution >= 4 is 33.7 Å². The molecule has 2 atom stereocenters. The first-order valence-electron chi connectivity index (χ1n) is 12.9. The number of pyridine rings is 1. The van der Waals surface area contributed by atoms with Gasteiger partial charge in [-0.05, 0) is 81.0 Å². The number of hydrogen-bond acceptors (Lipinski definition) is 6. The lowest BCUT2D eigenvalue weighted by atomic mass is 10.1. The number of carbonyl (C=O) groups is 2. The molecule has 2 heterocycles. The van der Waals surface area contributed by atoms with Gasteiger partial charge in [0.25, 0.3) is 16.5 Å². The van der Waals surface area contributed by atoms with Gasteiger partial charge in [0.15, 0.2) is 5.65 Å². The minimum Gasteiger partial charge on any atom is -0.483 e. The SMILES string of the molecule is Cc1ccc(S(=O)(=O)NC(=O)NCCc2ccc(-n3c(C4CC4C)nc4c(C)cc(C)nc43)cc2)cc1.O=CO. The zero-order valence-electron chi connectivity index (χ0n) is 22.9. The Hall–Kier alpha value is -4.25. The highest BCUT2D eigenvalue weighted by molar-refractivity contribution is 7.90. The summed E-state index contributed by atoms with van der Waals surface area (Å²) < 4.78 is 29.0. The van der Waals surface area contributed by atoms with Crippen LogP contribution in [-0.2, 0) is 21.2 Å². The van der Waals surface area contributed by atoms with E-state index in [1.165, 1.54) is 12.1 Å². The third kappa shape index (κ3) is 6.48. The van der Waals surface area contributed by atoms with E-state index in [0.717, 1.165) is 51.5 Å². The standard InChI is InChI=1S/C28H31N5O3S.CH2O2/c1-17-5-11-23(12-6-17)37(35,36)32-28(34)29-14-13-21-7-9-22(10-8-21)33-26(24-16-18(24)2)31-25-19(3)15-20(4)30-27(25)33;2-1-3/h5-12,15,18,24H,13-14,16H2,1-4H3,(H2,29,32,34);1H,(H,2,3). The van der Waals surface area contributed by atoms with E-state index in [9.17, 15) is 13.2 Å². The molecule has 1 saturated carbocycles. The van der Waals surface area contributed by atoms with Crippen LogP contribution in [0.4, 0.5) is 4.79 Å².